The van der Waals surface area contributed by atoms with E-state index in [1.54, 1.807) is 0 Å². The molecule has 0 bridgehead atoms. The van der Waals surface area contributed by atoms with Crippen LogP contribution in [0.15, 0.2) is 212 Å². The van der Waals surface area contributed by atoms with Gasteiger partial charge >= 0.3 is 0 Å². The second-order valence-electron chi connectivity index (χ2n) is 14.6. The Balaban J connectivity index is 1.19. The number of pyridine rings is 1. The first-order valence-corrected chi connectivity index (χ1v) is 20.4. The zero-order chi connectivity index (χ0) is 38.4. The Morgan fingerprint density at radius 1 is 0.379 bits per heavy atom. The monoisotopic (exact) mass is 757 g/mol. The van der Waals surface area contributed by atoms with Crippen molar-refractivity contribution in [2.24, 2.45) is 0 Å². The summed E-state index contributed by atoms with van der Waals surface area (Å²) in [4.78, 5) is 11.8. The normalized spacial score (nSPS) is 11.4. The van der Waals surface area contributed by atoms with Gasteiger partial charge in [0.25, 0.3) is 0 Å². The zero-order valence-electron chi connectivity index (χ0n) is 31.5. The minimum absolute atomic E-state index is 0.917. The standard InChI is InChI=1S/C54H35N3S/c1-5-17-36(18-6-1)41-33-42(37-19-7-2-8-20-37)35-43(34-41)49-50-51(38-21-9-3-10-22-38)55-46-26-14-13-25-45(46)53(50)58-52(49)39-29-31-40(32-30-39)54-56-47-27-15-16-28-48(47)57(54)44-23-11-4-12-24-44/h1-35H. The van der Waals surface area contributed by atoms with E-state index in [9.17, 15) is 0 Å². The van der Waals surface area contributed by atoms with Crippen LogP contribution >= 0.6 is 11.3 Å². The quantitative estimate of drug-likeness (QED) is 0.162. The highest BCUT2D eigenvalue weighted by Crippen LogP contribution is 2.51. The lowest BCUT2D eigenvalue weighted by atomic mass is 9.90. The summed E-state index contributed by atoms with van der Waals surface area (Å²) in [5.41, 5.74) is 15.5. The van der Waals surface area contributed by atoms with Gasteiger partial charge in [-0.25, -0.2) is 9.97 Å². The minimum Gasteiger partial charge on any atom is -0.292 e. The summed E-state index contributed by atoms with van der Waals surface area (Å²) in [6.07, 6.45) is 0. The number of benzene rings is 8. The van der Waals surface area contributed by atoms with Crippen molar-refractivity contribution in [2.45, 2.75) is 0 Å². The Kier molecular flexibility index (Phi) is 8.34. The van der Waals surface area contributed by atoms with E-state index in [1.165, 1.54) is 42.8 Å². The second kappa shape index (κ2) is 14.3. The summed E-state index contributed by atoms with van der Waals surface area (Å²) in [7, 11) is 0. The van der Waals surface area contributed by atoms with Gasteiger partial charge in [0, 0.05) is 42.7 Å². The van der Waals surface area contributed by atoms with Crippen molar-refractivity contribution in [3.63, 3.8) is 0 Å². The molecule has 8 aromatic carbocycles. The Morgan fingerprint density at radius 3 is 1.55 bits per heavy atom. The van der Waals surface area contributed by atoms with Crippen LogP contribution in [0.1, 0.15) is 0 Å². The fourth-order valence-corrected chi connectivity index (χ4v) is 9.63. The fraction of sp³-hybridized carbons (Fsp3) is 0. The molecule has 0 amide bonds. The van der Waals surface area contributed by atoms with Gasteiger partial charge in [-0.2, -0.15) is 0 Å². The van der Waals surface area contributed by atoms with Gasteiger partial charge in [0.2, 0.25) is 0 Å². The topological polar surface area (TPSA) is 30.7 Å². The van der Waals surface area contributed by atoms with Gasteiger partial charge in [-0.05, 0) is 81.9 Å². The van der Waals surface area contributed by atoms with Crippen LogP contribution in [0.2, 0.25) is 0 Å². The summed E-state index contributed by atoms with van der Waals surface area (Å²) < 4.78 is 3.50. The molecule has 11 aromatic rings. The lowest BCUT2D eigenvalue weighted by Gasteiger charge is -2.15. The number of aromatic nitrogens is 3. The Morgan fingerprint density at radius 2 is 0.897 bits per heavy atom. The molecular formula is C54H35N3S. The van der Waals surface area contributed by atoms with Crippen LogP contribution in [-0.2, 0) is 0 Å². The minimum atomic E-state index is 0.917. The molecule has 0 aliphatic carbocycles. The van der Waals surface area contributed by atoms with Crippen LogP contribution in [-0.4, -0.2) is 14.5 Å². The molecule has 11 rings (SSSR count). The molecular weight excluding hydrogens is 723 g/mol. The molecule has 0 saturated heterocycles. The van der Waals surface area contributed by atoms with E-state index in [4.69, 9.17) is 9.97 Å². The van der Waals surface area contributed by atoms with Gasteiger partial charge in [0.15, 0.2) is 0 Å². The van der Waals surface area contributed by atoms with Gasteiger partial charge in [-0.3, -0.25) is 4.57 Å². The number of hydrogen-bond acceptors (Lipinski definition) is 3. The van der Waals surface area contributed by atoms with Crippen molar-refractivity contribution in [1.29, 1.82) is 0 Å². The molecule has 0 atom stereocenters. The predicted molar refractivity (Wildman–Crippen MR) is 244 cm³/mol. The van der Waals surface area contributed by atoms with E-state index in [1.807, 2.05) is 11.3 Å². The maximum atomic E-state index is 5.44. The first kappa shape index (κ1) is 33.9. The summed E-state index contributed by atoms with van der Waals surface area (Å²) in [6.45, 7) is 0. The highest BCUT2D eigenvalue weighted by molar-refractivity contribution is 7.24. The summed E-state index contributed by atoms with van der Waals surface area (Å²) in [6, 6.07) is 75.6. The van der Waals surface area contributed by atoms with Crippen LogP contribution in [0.4, 0.5) is 0 Å². The van der Waals surface area contributed by atoms with Crippen molar-refractivity contribution in [2.75, 3.05) is 0 Å². The van der Waals surface area contributed by atoms with Crippen LogP contribution in [0.25, 0.3) is 104 Å². The molecule has 272 valence electrons. The van der Waals surface area contributed by atoms with Crippen LogP contribution in [0, 0.1) is 0 Å². The number of nitrogens with zero attached hydrogens (tertiary/aromatic N) is 3. The largest absolute Gasteiger partial charge is 0.292 e. The molecule has 0 saturated carbocycles. The number of hydrogen-bond donors (Lipinski definition) is 0. The summed E-state index contributed by atoms with van der Waals surface area (Å²) in [5.74, 6) is 0.917. The third-order valence-corrected chi connectivity index (χ3v) is 12.3. The maximum absolute atomic E-state index is 5.44. The highest BCUT2D eigenvalue weighted by Gasteiger charge is 2.24. The Bertz CT molecular complexity index is 3180. The molecule has 0 aliphatic heterocycles. The third kappa shape index (κ3) is 5.90. The molecule has 3 aromatic heterocycles. The maximum Gasteiger partial charge on any atom is 0.145 e. The smallest absolute Gasteiger partial charge is 0.145 e. The van der Waals surface area contributed by atoms with E-state index in [0.29, 0.717) is 0 Å². The SMILES string of the molecule is c1ccc(-c2cc(-c3ccccc3)cc(-c3c(-c4ccc(-c5nc6ccccc6n5-c5ccccc5)cc4)sc4c3c(-c3ccccc3)nc3ccccc34)c2)cc1. The van der Waals surface area contributed by atoms with Crippen molar-refractivity contribution in [3.05, 3.63) is 212 Å². The molecule has 0 spiro atoms. The van der Waals surface area contributed by atoms with E-state index >= 15 is 0 Å². The lowest BCUT2D eigenvalue weighted by molar-refractivity contribution is 1.10. The summed E-state index contributed by atoms with van der Waals surface area (Å²) >= 11 is 1.86. The van der Waals surface area contributed by atoms with E-state index < -0.39 is 0 Å². The van der Waals surface area contributed by atoms with Gasteiger partial charge in [0.1, 0.15) is 5.82 Å². The Labute approximate surface area is 340 Å². The summed E-state index contributed by atoms with van der Waals surface area (Å²) in [5, 5.41) is 2.33. The van der Waals surface area contributed by atoms with Crippen LogP contribution in [0.3, 0.4) is 0 Å². The first-order chi connectivity index (χ1) is 28.8. The number of rotatable bonds is 7. The predicted octanol–water partition coefficient (Wildman–Crippen LogP) is 14.8. The average molecular weight is 758 g/mol. The molecule has 3 nitrogen and oxygen atoms in total. The average Bonchev–Trinajstić information content (AvgIpc) is 3.90. The van der Waals surface area contributed by atoms with Gasteiger partial charge in [-0.1, -0.05) is 164 Å². The van der Waals surface area contributed by atoms with Crippen molar-refractivity contribution >= 4 is 43.4 Å². The van der Waals surface area contributed by atoms with Gasteiger partial charge in [0.05, 0.1) is 22.2 Å². The third-order valence-electron chi connectivity index (χ3n) is 11.0. The fourth-order valence-electron chi connectivity index (χ4n) is 8.27. The molecule has 58 heavy (non-hydrogen) atoms. The van der Waals surface area contributed by atoms with Crippen LogP contribution < -0.4 is 0 Å². The number of thiophene rings is 1. The van der Waals surface area contributed by atoms with E-state index in [2.05, 4.69) is 217 Å². The molecule has 0 N–H and O–H groups in total. The molecule has 0 aliphatic rings. The number of fused-ring (bicyclic) bond motifs is 4. The van der Waals surface area contributed by atoms with Gasteiger partial charge < -0.3 is 0 Å². The van der Waals surface area contributed by atoms with E-state index in [0.717, 1.165) is 61.4 Å². The number of imidazole rings is 1. The lowest BCUT2D eigenvalue weighted by Crippen LogP contribution is -1.97. The van der Waals surface area contributed by atoms with Crippen molar-refractivity contribution in [1.82, 2.24) is 14.5 Å². The highest BCUT2D eigenvalue weighted by atomic mass is 32.1. The molecule has 0 fully saturated rings. The molecule has 0 radical (unpaired) electrons. The van der Waals surface area contributed by atoms with Gasteiger partial charge in [-0.15, -0.1) is 11.3 Å². The molecule has 0 unspecified atom stereocenters. The molecule has 3 heterocycles. The zero-order valence-corrected chi connectivity index (χ0v) is 32.3. The van der Waals surface area contributed by atoms with Crippen molar-refractivity contribution < 1.29 is 0 Å². The van der Waals surface area contributed by atoms with E-state index in [-0.39, 0.29) is 0 Å². The number of para-hydroxylation sites is 4. The Hall–Kier alpha value is -7.40. The second-order valence-corrected chi connectivity index (χ2v) is 15.6. The first-order valence-electron chi connectivity index (χ1n) is 19.6. The van der Waals surface area contributed by atoms with Crippen LogP contribution in [0.5, 0.6) is 0 Å². The molecule has 4 heteroatoms. The van der Waals surface area contributed by atoms with Crippen molar-refractivity contribution in [3.8, 4) is 72.2 Å².